The summed E-state index contributed by atoms with van der Waals surface area (Å²) >= 11 is 0. The Hall–Kier alpha value is -0.980. The Balaban J connectivity index is 1.85. The molecule has 2 rings (SSSR count). The average molecular weight is 203 g/mol. The predicted molar refractivity (Wildman–Crippen MR) is 66.2 cm³/mol. The molecule has 1 N–H and O–H groups in total. The summed E-state index contributed by atoms with van der Waals surface area (Å²) in [6, 6.07) is 9.36. The van der Waals surface area contributed by atoms with E-state index >= 15 is 0 Å². The number of benzene rings is 1. The lowest BCUT2D eigenvalue weighted by atomic mass is 9.73. The van der Waals surface area contributed by atoms with Gasteiger partial charge in [0.2, 0.25) is 0 Å². The van der Waals surface area contributed by atoms with Crippen LogP contribution in [-0.4, -0.2) is 6.04 Å². The number of hydrogen-bond donors (Lipinski definition) is 1. The number of rotatable bonds is 3. The molecular formula is C14H21N. The lowest BCUT2D eigenvalue weighted by molar-refractivity contribution is 0.212. The van der Waals surface area contributed by atoms with Gasteiger partial charge in [-0.3, -0.25) is 0 Å². The third-order valence-corrected chi connectivity index (χ3v) is 3.51. The van der Waals surface area contributed by atoms with Crippen molar-refractivity contribution in [1.29, 1.82) is 0 Å². The summed E-state index contributed by atoms with van der Waals surface area (Å²) in [6.45, 7) is 6.80. The van der Waals surface area contributed by atoms with Crippen LogP contribution < -0.4 is 5.32 Å². The molecule has 0 atom stereocenters. The van der Waals surface area contributed by atoms with Crippen molar-refractivity contribution in [3.63, 3.8) is 0 Å². The first-order chi connectivity index (χ1) is 7.15. The Morgan fingerprint density at radius 2 is 2.00 bits per heavy atom. The Morgan fingerprint density at radius 1 is 1.27 bits per heavy atom. The third-order valence-electron chi connectivity index (χ3n) is 3.51. The van der Waals surface area contributed by atoms with E-state index in [0.29, 0.717) is 6.04 Å². The smallest absolute Gasteiger partial charge is 0.0344 e. The molecule has 1 aromatic rings. The van der Waals surface area contributed by atoms with Crippen LogP contribution >= 0.6 is 0 Å². The minimum absolute atomic E-state index is 0.708. The quantitative estimate of drug-likeness (QED) is 0.787. The predicted octanol–water partition coefficient (Wildman–Crippen LogP) is 3.84. The SMILES string of the molecule is Cc1cccc(NC2CC(C(C)C)C2)c1. The first kappa shape index (κ1) is 10.5. The first-order valence-corrected chi connectivity index (χ1v) is 5.98. The monoisotopic (exact) mass is 203 g/mol. The van der Waals surface area contributed by atoms with Crippen LogP contribution in [0, 0.1) is 18.8 Å². The summed E-state index contributed by atoms with van der Waals surface area (Å²) in [7, 11) is 0. The fourth-order valence-corrected chi connectivity index (χ4v) is 2.29. The number of hydrogen-bond acceptors (Lipinski definition) is 1. The molecule has 0 aromatic heterocycles. The second-order valence-electron chi connectivity index (χ2n) is 5.19. The molecule has 0 aliphatic heterocycles. The van der Waals surface area contributed by atoms with Crippen molar-refractivity contribution in [2.45, 2.75) is 39.7 Å². The Morgan fingerprint density at radius 3 is 2.60 bits per heavy atom. The van der Waals surface area contributed by atoms with E-state index in [2.05, 4.69) is 50.4 Å². The molecule has 0 saturated heterocycles. The van der Waals surface area contributed by atoms with E-state index in [1.165, 1.54) is 24.1 Å². The van der Waals surface area contributed by atoms with Crippen LogP contribution in [0.2, 0.25) is 0 Å². The number of nitrogens with one attached hydrogen (secondary N) is 1. The zero-order chi connectivity index (χ0) is 10.8. The molecule has 82 valence electrons. The van der Waals surface area contributed by atoms with Gasteiger partial charge in [-0.05, 0) is 49.3 Å². The van der Waals surface area contributed by atoms with Crippen LogP contribution in [-0.2, 0) is 0 Å². The molecule has 1 saturated carbocycles. The molecule has 0 heterocycles. The highest BCUT2D eigenvalue weighted by atomic mass is 14.9. The zero-order valence-corrected chi connectivity index (χ0v) is 9.96. The first-order valence-electron chi connectivity index (χ1n) is 5.98. The molecule has 1 heteroatoms. The highest BCUT2D eigenvalue weighted by Crippen LogP contribution is 2.35. The van der Waals surface area contributed by atoms with Gasteiger partial charge >= 0.3 is 0 Å². The van der Waals surface area contributed by atoms with Crippen molar-refractivity contribution in [3.8, 4) is 0 Å². The lowest BCUT2D eigenvalue weighted by Crippen LogP contribution is -2.37. The maximum atomic E-state index is 3.60. The lowest BCUT2D eigenvalue weighted by Gasteiger charge is -2.39. The van der Waals surface area contributed by atoms with Gasteiger partial charge in [0.1, 0.15) is 0 Å². The van der Waals surface area contributed by atoms with E-state index in [0.717, 1.165) is 11.8 Å². The molecule has 1 nitrogen and oxygen atoms in total. The summed E-state index contributed by atoms with van der Waals surface area (Å²) in [4.78, 5) is 0. The van der Waals surface area contributed by atoms with Gasteiger partial charge in [0.05, 0.1) is 0 Å². The second kappa shape index (κ2) is 4.26. The molecule has 0 radical (unpaired) electrons. The van der Waals surface area contributed by atoms with E-state index < -0.39 is 0 Å². The van der Waals surface area contributed by atoms with Crippen molar-refractivity contribution >= 4 is 5.69 Å². The Kier molecular flexibility index (Phi) is 2.99. The van der Waals surface area contributed by atoms with E-state index in [9.17, 15) is 0 Å². The standard InChI is InChI=1S/C14H21N/c1-10(2)12-8-14(9-12)15-13-6-4-5-11(3)7-13/h4-7,10,12,14-15H,8-9H2,1-3H3. The summed E-state index contributed by atoms with van der Waals surface area (Å²) in [6.07, 6.45) is 2.68. The van der Waals surface area contributed by atoms with Gasteiger partial charge in [-0.1, -0.05) is 26.0 Å². The van der Waals surface area contributed by atoms with Crippen molar-refractivity contribution in [1.82, 2.24) is 0 Å². The minimum Gasteiger partial charge on any atom is -0.382 e. The van der Waals surface area contributed by atoms with Crippen LogP contribution in [0.15, 0.2) is 24.3 Å². The van der Waals surface area contributed by atoms with E-state index in [-0.39, 0.29) is 0 Å². The Bertz CT molecular complexity index is 324. The van der Waals surface area contributed by atoms with Gasteiger partial charge in [0.25, 0.3) is 0 Å². The molecule has 1 fully saturated rings. The van der Waals surface area contributed by atoms with Crippen LogP contribution in [0.4, 0.5) is 5.69 Å². The maximum Gasteiger partial charge on any atom is 0.0344 e. The van der Waals surface area contributed by atoms with Crippen molar-refractivity contribution < 1.29 is 0 Å². The molecule has 0 bridgehead atoms. The van der Waals surface area contributed by atoms with E-state index in [1.54, 1.807) is 0 Å². The normalized spacial score (nSPS) is 25.1. The van der Waals surface area contributed by atoms with Crippen LogP contribution in [0.25, 0.3) is 0 Å². The molecule has 1 aliphatic carbocycles. The van der Waals surface area contributed by atoms with Crippen LogP contribution in [0.3, 0.4) is 0 Å². The topological polar surface area (TPSA) is 12.0 Å². The fourth-order valence-electron chi connectivity index (χ4n) is 2.29. The average Bonchev–Trinajstić information content (AvgIpc) is 2.10. The summed E-state index contributed by atoms with van der Waals surface area (Å²) in [5.41, 5.74) is 2.61. The summed E-state index contributed by atoms with van der Waals surface area (Å²) in [5, 5.41) is 3.60. The van der Waals surface area contributed by atoms with Gasteiger partial charge < -0.3 is 5.32 Å². The number of anilines is 1. The third kappa shape index (κ3) is 2.53. The van der Waals surface area contributed by atoms with Gasteiger partial charge in [-0.25, -0.2) is 0 Å². The minimum atomic E-state index is 0.708. The maximum absolute atomic E-state index is 3.60. The van der Waals surface area contributed by atoms with Gasteiger partial charge in [0.15, 0.2) is 0 Å². The fraction of sp³-hybridized carbons (Fsp3) is 0.571. The van der Waals surface area contributed by atoms with Crippen LogP contribution in [0.5, 0.6) is 0 Å². The van der Waals surface area contributed by atoms with E-state index in [4.69, 9.17) is 0 Å². The van der Waals surface area contributed by atoms with Crippen molar-refractivity contribution in [2.75, 3.05) is 5.32 Å². The molecule has 15 heavy (non-hydrogen) atoms. The molecule has 0 amide bonds. The summed E-state index contributed by atoms with van der Waals surface area (Å²) in [5.74, 6) is 1.79. The number of aryl methyl sites for hydroxylation is 1. The molecule has 1 aromatic carbocycles. The van der Waals surface area contributed by atoms with Crippen molar-refractivity contribution in [3.05, 3.63) is 29.8 Å². The second-order valence-corrected chi connectivity index (χ2v) is 5.19. The van der Waals surface area contributed by atoms with Gasteiger partial charge in [0, 0.05) is 11.7 Å². The highest BCUT2D eigenvalue weighted by Gasteiger charge is 2.30. The van der Waals surface area contributed by atoms with Crippen LogP contribution in [0.1, 0.15) is 32.3 Å². The molecule has 0 spiro atoms. The molecule has 0 unspecified atom stereocenters. The highest BCUT2D eigenvalue weighted by molar-refractivity contribution is 5.46. The summed E-state index contributed by atoms with van der Waals surface area (Å²) < 4.78 is 0. The van der Waals surface area contributed by atoms with E-state index in [1.807, 2.05) is 0 Å². The zero-order valence-electron chi connectivity index (χ0n) is 9.96. The van der Waals surface area contributed by atoms with Gasteiger partial charge in [-0.2, -0.15) is 0 Å². The molecular weight excluding hydrogens is 182 g/mol. The van der Waals surface area contributed by atoms with Gasteiger partial charge in [-0.15, -0.1) is 0 Å². The largest absolute Gasteiger partial charge is 0.382 e. The molecule has 1 aliphatic rings. The van der Waals surface area contributed by atoms with Crippen molar-refractivity contribution in [2.24, 2.45) is 11.8 Å². The Labute approximate surface area is 92.9 Å².